The van der Waals surface area contributed by atoms with Crippen LogP contribution in [-0.4, -0.2) is 10.8 Å². The molecular formula is C17H14FNO. The molecule has 2 nitrogen and oxygen atoms in total. The number of Topliss-reactive ketones (excluding diaryl/α,β-unsaturated/α-hetero) is 1. The zero-order valence-electron chi connectivity index (χ0n) is 10.9. The molecule has 3 heteroatoms. The van der Waals surface area contributed by atoms with E-state index in [1.807, 2.05) is 30.3 Å². The minimum Gasteiger partial charge on any atom is -0.360 e. The van der Waals surface area contributed by atoms with Crippen LogP contribution in [0.15, 0.2) is 54.7 Å². The number of carbonyl (C=O) groups is 1. The first kappa shape index (κ1) is 12.6. The number of aryl methyl sites for hydroxylation is 1. The average Bonchev–Trinajstić information content (AvgIpc) is 2.89. The smallest absolute Gasteiger partial charge is 0.165 e. The first-order valence-electron chi connectivity index (χ1n) is 6.58. The Kier molecular flexibility index (Phi) is 3.33. The molecule has 0 amide bonds. The van der Waals surface area contributed by atoms with Crippen LogP contribution in [0.25, 0.3) is 10.9 Å². The molecule has 3 aromatic rings. The lowest BCUT2D eigenvalue weighted by molar-refractivity contribution is 0.0984. The highest BCUT2D eigenvalue weighted by molar-refractivity contribution is 6.07. The number of benzene rings is 2. The van der Waals surface area contributed by atoms with Crippen LogP contribution in [0.5, 0.6) is 0 Å². The van der Waals surface area contributed by atoms with Gasteiger partial charge in [-0.15, -0.1) is 0 Å². The van der Waals surface area contributed by atoms with Crippen molar-refractivity contribution in [2.75, 3.05) is 0 Å². The topological polar surface area (TPSA) is 32.9 Å². The van der Waals surface area contributed by atoms with Crippen molar-refractivity contribution in [3.8, 4) is 0 Å². The molecule has 0 aliphatic heterocycles. The number of H-pyrrole nitrogens is 1. The number of aromatic amines is 1. The van der Waals surface area contributed by atoms with Gasteiger partial charge < -0.3 is 4.98 Å². The van der Waals surface area contributed by atoms with E-state index in [2.05, 4.69) is 4.98 Å². The summed E-state index contributed by atoms with van der Waals surface area (Å²) in [5.74, 6) is -0.227. The number of aromatic nitrogens is 1. The summed E-state index contributed by atoms with van der Waals surface area (Å²) in [5, 5.41) is 0.782. The van der Waals surface area contributed by atoms with Crippen LogP contribution >= 0.6 is 0 Å². The Labute approximate surface area is 116 Å². The first-order chi connectivity index (χ1) is 9.74. The minimum atomic E-state index is -0.303. The van der Waals surface area contributed by atoms with E-state index in [0.29, 0.717) is 23.9 Å². The van der Waals surface area contributed by atoms with Crippen LogP contribution in [0, 0.1) is 5.82 Å². The van der Waals surface area contributed by atoms with Crippen molar-refractivity contribution in [2.24, 2.45) is 0 Å². The van der Waals surface area contributed by atoms with Gasteiger partial charge in [-0.25, -0.2) is 4.39 Å². The van der Waals surface area contributed by atoms with Crippen molar-refractivity contribution in [3.05, 3.63) is 71.7 Å². The highest BCUT2D eigenvalue weighted by atomic mass is 19.1. The molecule has 3 rings (SSSR count). The fourth-order valence-corrected chi connectivity index (χ4v) is 2.37. The van der Waals surface area contributed by atoms with Gasteiger partial charge in [0.25, 0.3) is 0 Å². The van der Waals surface area contributed by atoms with Gasteiger partial charge in [0.2, 0.25) is 0 Å². The third kappa shape index (κ3) is 2.48. The standard InChI is InChI=1S/C17H14FNO/c18-13-7-8-14-15(11-19-16(14)10-13)17(20)9-6-12-4-2-1-3-5-12/h1-5,7-8,10-11,19H,6,9H2. The molecule has 1 heterocycles. The molecule has 100 valence electrons. The predicted octanol–water partition coefficient (Wildman–Crippen LogP) is 4.12. The Balaban J connectivity index is 1.79. The molecular weight excluding hydrogens is 253 g/mol. The summed E-state index contributed by atoms with van der Waals surface area (Å²) in [5.41, 5.74) is 2.44. The molecule has 2 aromatic carbocycles. The monoisotopic (exact) mass is 267 g/mol. The van der Waals surface area contributed by atoms with Gasteiger partial charge in [0.05, 0.1) is 0 Å². The van der Waals surface area contributed by atoms with Crippen molar-refractivity contribution >= 4 is 16.7 Å². The number of nitrogens with one attached hydrogen (secondary N) is 1. The van der Waals surface area contributed by atoms with Gasteiger partial charge in [-0.3, -0.25) is 4.79 Å². The van der Waals surface area contributed by atoms with Gasteiger partial charge in [-0.05, 0) is 30.2 Å². The Morgan fingerprint density at radius 2 is 1.90 bits per heavy atom. The first-order valence-corrected chi connectivity index (χ1v) is 6.58. The zero-order valence-corrected chi connectivity index (χ0v) is 10.9. The van der Waals surface area contributed by atoms with E-state index in [9.17, 15) is 9.18 Å². The van der Waals surface area contributed by atoms with E-state index in [1.165, 1.54) is 12.1 Å². The van der Waals surface area contributed by atoms with E-state index >= 15 is 0 Å². The quantitative estimate of drug-likeness (QED) is 0.708. The van der Waals surface area contributed by atoms with Gasteiger partial charge in [0, 0.05) is 29.1 Å². The molecule has 1 N–H and O–H groups in total. The molecule has 0 aliphatic carbocycles. The van der Waals surface area contributed by atoms with Crippen LogP contribution in [0.4, 0.5) is 4.39 Å². The summed E-state index contributed by atoms with van der Waals surface area (Å²) in [6, 6.07) is 14.3. The molecule has 20 heavy (non-hydrogen) atoms. The summed E-state index contributed by atoms with van der Waals surface area (Å²) < 4.78 is 13.1. The maximum Gasteiger partial charge on any atom is 0.165 e. The Hall–Kier alpha value is -2.42. The van der Waals surface area contributed by atoms with Gasteiger partial charge in [0.1, 0.15) is 5.82 Å². The number of rotatable bonds is 4. The Bertz CT molecular complexity index is 746. The molecule has 0 bridgehead atoms. The van der Waals surface area contributed by atoms with Gasteiger partial charge in [-0.1, -0.05) is 30.3 Å². The predicted molar refractivity (Wildman–Crippen MR) is 77.4 cm³/mol. The highest BCUT2D eigenvalue weighted by Crippen LogP contribution is 2.21. The second-order valence-electron chi connectivity index (χ2n) is 4.80. The Morgan fingerprint density at radius 1 is 1.10 bits per heavy atom. The molecule has 0 unspecified atom stereocenters. The lowest BCUT2D eigenvalue weighted by atomic mass is 10.0. The van der Waals surface area contributed by atoms with Crippen LogP contribution in [-0.2, 0) is 6.42 Å². The SMILES string of the molecule is O=C(CCc1ccccc1)c1c[nH]c2cc(F)ccc12. The maximum atomic E-state index is 13.1. The molecule has 0 fully saturated rings. The zero-order chi connectivity index (χ0) is 13.9. The lowest BCUT2D eigenvalue weighted by Gasteiger charge is -2.01. The van der Waals surface area contributed by atoms with Crippen molar-refractivity contribution in [1.29, 1.82) is 0 Å². The fraction of sp³-hybridized carbons (Fsp3) is 0.118. The van der Waals surface area contributed by atoms with Crippen LogP contribution in [0.1, 0.15) is 22.3 Å². The molecule has 0 spiro atoms. The minimum absolute atomic E-state index is 0.0757. The largest absolute Gasteiger partial charge is 0.360 e. The number of hydrogen-bond donors (Lipinski definition) is 1. The molecule has 0 saturated heterocycles. The summed E-state index contributed by atoms with van der Waals surface area (Å²) in [6.07, 6.45) is 2.83. The summed E-state index contributed by atoms with van der Waals surface area (Å²) in [6.45, 7) is 0. The number of halogens is 1. The van der Waals surface area contributed by atoms with E-state index in [4.69, 9.17) is 0 Å². The second-order valence-corrected chi connectivity index (χ2v) is 4.80. The third-order valence-electron chi connectivity index (χ3n) is 3.43. The summed E-state index contributed by atoms with van der Waals surface area (Å²) >= 11 is 0. The van der Waals surface area contributed by atoms with E-state index in [1.54, 1.807) is 12.3 Å². The fourth-order valence-electron chi connectivity index (χ4n) is 2.37. The Morgan fingerprint density at radius 3 is 2.70 bits per heavy atom. The summed E-state index contributed by atoms with van der Waals surface area (Å²) in [7, 11) is 0. The van der Waals surface area contributed by atoms with Crippen LogP contribution < -0.4 is 0 Å². The lowest BCUT2D eigenvalue weighted by Crippen LogP contribution is -2.00. The second kappa shape index (κ2) is 5.29. The number of carbonyl (C=O) groups excluding carboxylic acids is 1. The van der Waals surface area contributed by atoms with Crippen LogP contribution in [0.2, 0.25) is 0 Å². The van der Waals surface area contributed by atoms with Crippen molar-refractivity contribution in [1.82, 2.24) is 4.98 Å². The van der Waals surface area contributed by atoms with Crippen molar-refractivity contribution < 1.29 is 9.18 Å². The third-order valence-corrected chi connectivity index (χ3v) is 3.43. The number of fused-ring (bicyclic) bond motifs is 1. The van der Waals surface area contributed by atoms with Crippen molar-refractivity contribution in [2.45, 2.75) is 12.8 Å². The van der Waals surface area contributed by atoms with E-state index < -0.39 is 0 Å². The van der Waals surface area contributed by atoms with Crippen LogP contribution in [0.3, 0.4) is 0 Å². The highest BCUT2D eigenvalue weighted by Gasteiger charge is 2.12. The maximum absolute atomic E-state index is 13.1. The number of ketones is 1. The summed E-state index contributed by atoms with van der Waals surface area (Å²) in [4.78, 5) is 15.2. The molecule has 0 radical (unpaired) electrons. The van der Waals surface area contributed by atoms with Gasteiger partial charge in [-0.2, -0.15) is 0 Å². The average molecular weight is 267 g/mol. The molecule has 0 atom stereocenters. The molecule has 1 aromatic heterocycles. The van der Waals surface area contributed by atoms with Gasteiger partial charge >= 0.3 is 0 Å². The van der Waals surface area contributed by atoms with Crippen molar-refractivity contribution in [3.63, 3.8) is 0 Å². The normalized spacial score (nSPS) is 10.8. The van der Waals surface area contributed by atoms with E-state index in [0.717, 1.165) is 10.9 Å². The molecule has 0 saturated carbocycles. The molecule has 0 aliphatic rings. The van der Waals surface area contributed by atoms with E-state index in [-0.39, 0.29) is 11.6 Å². The van der Waals surface area contributed by atoms with Gasteiger partial charge in [0.15, 0.2) is 5.78 Å². The number of hydrogen-bond acceptors (Lipinski definition) is 1.